The molecule has 0 bridgehead atoms. The Hall–Kier alpha value is -1.55. The smallest absolute Gasteiger partial charge is 0.314 e. The number of methoxy groups -OCH3 is 1. The van der Waals surface area contributed by atoms with Crippen LogP contribution in [0.5, 0.6) is 5.75 Å². The van der Waals surface area contributed by atoms with Crippen molar-refractivity contribution in [3.05, 3.63) is 29.8 Å². The minimum atomic E-state index is -0.661. The van der Waals surface area contributed by atoms with Crippen molar-refractivity contribution in [1.29, 1.82) is 0 Å². The normalized spacial score (nSPS) is 12.9. The molecule has 0 radical (unpaired) electrons. The van der Waals surface area contributed by atoms with Crippen LogP contribution in [0.1, 0.15) is 26.3 Å². The van der Waals surface area contributed by atoms with Crippen LogP contribution in [0.2, 0.25) is 0 Å². The SMILES string of the molecule is COC(=O)C(C)(C)COc1cccc(CC(C)N)c1. The topological polar surface area (TPSA) is 61.5 Å². The van der Waals surface area contributed by atoms with Gasteiger partial charge in [-0.05, 0) is 44.9 Å². The molecule has 0 aliphatic rings. The van der Waals surface area contributed by atoms with E-state index < -0.39 is 5.41 Å². The van der Waals surface area contributed by atoms with Gasteiger partial charge in [-0.1, -0.05) is 12.1 Å². The summed E-state index contributed by atoms with van der Waals surface area (Å²) < 4.78 is 10.4. The first-order chi connectivity index (χ1) is 8.85. The van der Waals surface area contributed by atoms with Crippen molar-refractivity contribution in [2.24, 2.45) is 11.1 Å². The van der Waals surface area contributed by atoms with Crippen LogP contribution in [0.15, 0.2) is 24.3 Å². The summed E-state index contributed by atoms with van der Waals surface area (Å²) in [4.78, 5) is 11.5. The van der Waals surface area contributed by atoms with Gasteiger partial charge in [-0.25, -0.2) is 0 Å². The lowest BCUT2D eigenvalue weighted by atomic mass is 9.95. The van der Waals surface area contributed by atoms with Gasteiger partial charge in [0.15, 0.2) is 0 Å². The van der Waals surface area contributed by atoms with Gasteiger partial charge in [0.2, 0.25) is 0 Å². The van der Waals surface area contributed by atoms with E-state index in [9.17, 15) is 4.79 Å². The number of benzene rings is 1. The quantitative estimate of drug-likeness (QED) is 0.801. The summed E-state index contributed by atoms with van der Waals surface area (Å²) in [6.45, 7) is 5.84. The van der Waals surface area contributed by atoms with Gasteiger partial charge >= 0.3 is 5.97 Å². The molecule has 0 fully saturated rings. The van der Waals surface area contributed by atoms with Gasteiger partial charge in [0.1, 0.15) is 12.4 Å². The summed E-state index contributed by atoms with van der Waals surface area (Å²) >= 11 is 0. The average molecular weight is 265 g/mol. The third-order valence-electron chi connectivity index (χ3n) is 2.79. The highest BCUT2D eigenvalue weighted by atomic mass is 16.5. The number of rotatable bonds is 6. The molecule has 1 rings (SSSR count). The number of hydrogen-bond donors (Lipinski definition) is 1. The lowest BCUT2D eigenvalue weighted by molar-refractivity contribution is -0.152. The molecule has 1 atom stereocenters. The van der Waals surface area contributed by atoms with Gasteiger partial charge in [-0.2, -0.15) is 0 Å². The second-order valence-electron chi connectivity index (χ2n) is 5.49. The van der Waals surface area contributed by atoms with E-state index in [4.69, 9.17) is 15.2 Å². The fraction of sp³-hybridized carbons (Fsp3) is 0.533. The minimum Gasteiger partial charge on any atom is -0.492 e. The predicted molar refractivity (Wildman–Crippen MR) is 75.1 cm³/mol. The van der Waals surface area contributed by atoms with Crippen molar-refractivity contribution in [2.45, 2.75) is 33.2 Å². The Morgan fingerprint density at radius 3 is 2.68 bits per heavy atom. The highest BCUT2D eigenvalue weighted by Gasteiger charge is 2.29. The fourth-order valence-electron chi connectivity index (χ4n) is 1.73. The maximum absolute atomic E-state index is 11.5. The Morgan fingerprint density at radius 1 is 1.42 bits per heavy atom. The maximum Gasteiger partial charge on any atom is 0.314 e. The third-order valence-corrected chi connectivity index (χ3v) is 2.79. The van der Waals surface area contributed by atoms with Gasteiger partial charge < -0.3 is 15.2 Å². The van der Waals surface area contributed by atoms with E-state index >= 15 is 0 Å². The molecular weight excluding hydrogens is 242 g/mol. The monoisotopic (exact) mass is 265 g/mol. The van der Waals surface area contributed by atoms with Crippen LogP contribution >= 0.6 is 0 Å². The predicted octanol–water partition coefficient (Wildman–Crippen LogP) is 2.15. The second-order valence-corrected chi connectivity index (χ2v) is 5.49. The van der Waals surface area contributed by atoms with Crippen LogP contribution in [0.3, 0.4) is 0 Å². The van der Waals surface area contributed by atoms with Crippen LogP contribution in [0.4, 0.5) is 0 Å². The Morgan fingerprint density at radius 2 is 2.11 bits per heavy atom. The molecule has 1 aromatic rings. The maximum atomic E-state index is 11.5. The lowest BCUT2D eigenvalue weighted by Crippen LogP contribution is -2.32. The zero-order valence-corrected chi connectivity index (χ0v) is 12.1. The number of carbonyl (C=O) groups is 1. The van der Waals surface area contributed by atoms with Crippen LogP contribution in [0, 0.1) is 5.41 Å². The summed E-state index contributed by atoms with van der Waals surface area (Å²) in [5.74, 6) is 0.467. The first kappa shape index (κ1) is 15.5. The molecule has 4 heteroatoms. The van der Waals surface area contributed by atoms with Crippen molar-refractivity contribution in [3.8, 4) is 5.75 Å². The van der Waals surface area contributed by atoms with Crippen LogP contribution in [0.25, 0.3) is 0 Å². The molecule has 0 aliphatic carbocycles. The number of carbonyl (C=O) groups excluding carboxylic acids is 1. The molecule has 1 aromatic carbocycles. The van der Waals surface area contributed by atoms with Gasteiger partial charge in [0.25, 0.3) is 0 Å². The summed E-state index contributed by atoms with van der Waals surface area (Å²) in [7, 11) is 1.38. The van der Waals surface area contributed by atoms with Gasteiger partial charge in [0.05, 0.1) is 12.5 Å². The fourth-order valence-corrected chi connectivity index (χ4v) is 1.73. The third kappa shape index (κ3) is 4.91. The molecule has 106 valence electrons. The van der Waals surface area contributed by atoms with Gasteiger partial charge in [-0.3, -0.25) is 4.79 Å². The highest BCUT2D eigenvalue weighted by molar-refractivity contribution is 5.75. The van der Waals surface area contributed by atoms with E-state index in [1.54, 1.807) is 13.8 Å². The van der Waals surface area contributed by atoms with E-state index in [1.807, 2.05) is 31.2 Å². The lowest BCUT2D eigenvalue weighted by Gasteiger charge is -2.21. The highest BCUT2D eigenvalue weighted by Crippen LogP contribution is 2.21. The average Bonchev–Trinajstić information content (AvgIpc) is 2.35. The summed E-state index contributed by atoms with van der Waals surface area (Å²) in [5, 5.41) is 0. The molecule has 4 nitrogen and oxygen atoms in total. The minimum absolute atomic E-state index is 0.113. The Bertz CT molecular complexity index is 427. The summed E-state index contributed by atoms with van der Waals surface area (Å²) in [6, 6.07) is 7.89. The van der Waals surface area contributed by atoms with Crippen LogP contribution in [-0.2, 0) is 16.0 Å². The molecular formula is C15H23NO3. The molecule has 2 N–H and O–H groups in total. The number of esters is 1. The Kier molecular flexibility index (Phi) is 5.36. The summed E-state index contributed by atoms with van der Waals surface area (Å²) in [6.07, 6.45) is 0.803. The van der Waals surface area contributed by atoms with Crippen LogP contribution < -0.4 is 10.5 Å². The molecule has 0 aliphatic heterocycles. The standard InChI is InChI=1S/C15H23NO3/c1-11(16)8-12-6-5-7-13(9-12)19-10-15(2,3)14(17)18-4/h5-7,9,11H,8,10,16H2,1-4H3. The van der Waals surface area contributed by atoms with Crippen LogP contribution in [-0.4, -0.2) is 25.7 Å². The van der Waals surface area contributed by atoms with E-state index in [-0.39, 0.29) is 18.6 Å². The van der Waals surface area contributed by atoms with Crippen molar-refractivity contribution in [1.82, 2.24) is 0 Å². The molecule has 19 heavy (non-hydrogen) atoms. The molecule has 0 aromatic heterocycles. The largest absolute Gasteiger partial charge is 0.492 e. The van der Waals surface area contributed by atoms with Crippen molar-refractivity contribution in [2.75, 3.05) is 13.7 Å². The first-order valence-corrected chi connectivity index (χ1v) is 6.41. The zero-order chi connectivity index (χ0) is 14.5. The van der Waals surface area contributed by atoms with E-state index in [1.165, 1.54) is 7.11 Å². The second kappa shape index (κ2) is 6.57. The van der Waals surface area contributed by atoms with E-state index in [0.717, 1.165) is 17.7 Å². The molecule has 0 amide bonds. The van der Waals surface area contributed by atoms with E-state index in [0.29, 0.717) is 0 Å². The summed E-state index contributed by atoms with van der Waals surface area (Å²) in [5.41, 5.74) is 6.24. The molecule has 0 saturated carbocycles. The Balaban J connectivity index is 2.65. The molecule has 1 unspecified atom stereocenters. The van der Waals surface area contributed by atoms with Gasteiger partial charge in [-0.15, -0.1) is 0 Å². The Labute approximate surface area is 114 Å². The van der Waals surface area contributed by atoms with E-state index in [2.05, 4.69) is 0 Å². The molecule has 0 spiro atoms. The number of ether oxygens (including phenoxy) is 2. The molecule has 0 heterocycles. The van der Waals surface area contributed by atoms with Crippen molar-refractivity contribution < 1.29 is 14.3 Å². The first-order valence-electron chi connectivity index (χ1n) is 6.41. The number of hydrogen-bond acceptors (Lipinski definition) is 4. The number of nitrogens with two attached hydrogens (primary N) is 1. The zero-order valence-electron chi connectivity index (χ0n) is 12.1. The molecule has 0 saturated heterocycles. The van der Waals surface area contributed by atoms with Crippen molar-refractivity contribution in [3.63, 3.8) is 0 Å². The van der Waals surface area contributed by atoms with Crippen molar-refractivity contribution >= 4 is 5.97 Å². The van der Waals surface area contributed by atoms with Gasteiger partial charge in [0, 0.05) is 6.04 Å².